The predicted octanol–water partition coefficient (Wildman–Crippen LogP) is 5.50. The van der Waals surface area contributed by atoms with E-state index in [0.717, 1.165) is 27.9 Å². The van der Waals surface area contributed by atoms with Gasteiger partial charge in [-0.2, -0.15) is 5.26 Å². The molecule has 0 unspecified atom stereocenters. The average Bonchev–Trinajstić information content (AvgIpc) is 3.20. The first-order valence-corrected chi connectivity index (χ1v) is 8.98. The monoisotopic (exact) mass is 380 g/mol. The van der Waals surface area contributed by atoms with E-state index < -0.39 is 4.92 Å². The molecule has 0 aliphatic heterocycles. The smallest absolute Gasteiger partial charge is 0.270 e. The summed E-state index contributed by atoms with van der Waals surface area (Å²) in [6, 6.07) is 23.7. The number of aryl methyl sites for hydroxylation is 1. The van der Waals surface area contributed by atoms with Gasteiger partial charge in [0.05, 0.1) is 27.9 Å². The van der Waals surface area contributed by atoms with Gasteiger partial charge in [0, 0.05) is 28.8 Å². The molecule has 29 heavy (non-hydrogen) atoms. The topological polar surface area (TPSA) is 95.6 Å². The van der Waals surface area contributed by atoms with Crippen molar-refractivity contribution < 1.29 is 4.92 Å². The van der Waals surface area contributed by atoms with Crippen molar-refractivity contribution in [1.29, 1.82) is 5.26 Å². The molecule has 4 aromatic rings. The highest BCUT2D eigenvalue weighted by Gasteiger charge is 2.19. The predicted molar refractivity (Wildman–Crippen MR) is 111 cm³/mol. The van der Waals surface area contributed by atoms with Crippen LogP contribution in [0.5, 0.6) is 0 Å². The van der Waals surface area contributed by atoms with Crippen molar-refractivity contribution in [3.05, 3.63) is 94.0 Å². The molecule has 6 nitrogen and oxygen atoms in total. The summed E-state index contributed by atoms with van der Waals surface area (Å²) in [6.07, 6.45) is 0. The number of nitro groups is 1. The van der Waals surface area contributed by atoms with Crippen molar-refractivity contribution in [1.82, 2.24) is 9.97 Å². The fraction of sp³-hybridized carbons (Fsp3) is 0.0435. The second kappa shape index (κ2) is 7.41. The molecule has 0 amide bonds. The van der Waals surface area contributed by atoms with Gasteiger partial charge in [0.1, 0.15) is 5.82 Å². The average molecular weight is 380 g/mol. The molecule has 6 heteroatoms. The molecule has 1 heterocycles. The van der Waals surface area contributed by atoms with Gasteiger partial charge in [0.25, 0.3) is 5.69 Å². The van der Waals surface area contributed by atoms with E-state index in [2.05, 4.69) is 11.1 Å². The maximum atomic E-state index is 11.3. The van der Waals surface area contributed by atoms with Gasteiger partial charge in [-0.1, -0.05) is 36.4 Å². The highest BCUT2D eigenvalue weighted by molar-refractivity contribution is 5.83. The molecule has 0 aliphatic rings. The second-order valence-electron chi connectivity index (χ2n) is 6.62. The molecule has 1 aromatic heterocycles. The van der Waals surface area contributed by atoms with Crippen LogP contribution in [0.15, 0.2) is 72.8 Å². The molecule has 1 N–H and O–H groups in total. The van der Waals surface area contributed by atoms with Crippen LogP contribution in [-0.4, -0.2) is 14.9 Å². The summed E-state index contributed by atoms with van der Waals surface area (Å²) >= 11 is 0. The fourth-order valence-corrected chi connectivity index (χ4v) is 3.21. The first-order valence-electron chi connectivity index (χ1n) is 8.98. The second-order valence-corrected chi connectivity index (χ2v) is 6.62. The van der Waals surface area contributed by atoms with Gasteiger partial charge >= 0.3 is 0 Å². The molecule has 3 aromatic carbocycles. The Labute approximate surface area is 167 Å². The maximum absolute atomic E-state index is 11.3. The first-order chi connectivity index (χ1) is 14.1. The zero-order chi connectivity index (χ0) is 20.4. The lowest BCUT2D eigenvalue weighted by molar-refractivity contribution is -0.384. The number of nitriles is 1. The van der Waals surface area contributed by atoms with Gasteiger partial charge in [-0.3, -0.25) is 10.1 Å². The molecule has 0 saturated carbocycles. The molecule has 0 saturated heterocycles. The van der Waals surface area contributed by atoms with E-state index in [0.29, 0.717) is 17.1 Å². The Hall–Kier alpha value is -4.24. The van der Waals surface area contributed by atoms with Gasteiger partial charge in [0.2, 0.25) is 0 Å². The van der Waals surface area contributed by atoms with Crippen LogP contribution in [0.1, 0.15) is 11.1 Å². The molecule has 0 bridgehead atoms. The standard InChI is InChI=1S/C23H16N4O2/c1-15-7-12-19(27(28)29)13-20(15)22-21(17-5-3-2-4-6-17)25-23(26-22)18-10-8-16(14-24)9-11-18/h2-13H,1H3,(H,25,26). The van der Waals surface area contributed by atoms with Crippen molar-refractivity contribution in [2.75, 3.05) is 0 Å². The number of hydrogen-bond donors (Lipinski definition) is 1. The van der Waals surface area contributed by atoms with Crippen LogP contribution in [0.4, 0.5) is 5.69 Å². The molecule has 0 spiro atoms. The minimum absolute atomic E-state index is 0.0270. The molecule has 0 radical (unpaired) electrons. The Kier molecular flexibility index (Phi) is 4.63. The van der Waals surface area contributed by atoms with Crippen molar-refractivity contribution >= 4 is 5.69 Å². The summed E-state index contributed by atoms with van der Waals surface area (Å²) in [7, 11) is 0. The normalized spacial score (nSPS) is 10.5. The quantitative estimate of drug-likeness (QED) is 0.373. The van der Waals surface area contributed by atoms with Crippen LogP contribution >= 0.6 is 0 Å². The number of aromatic amines is 1. The Bertz CT molecular complexity index is 1240. The Morgan fingerprint density at radius 3 is 2.38 bits per heavy atom. The highest BCUT2D eigenvalue weighted by Crippen LogP contribution is 2.36. The Morgan fingerprint density at radius 2 is 1.72 bits per heavy atom. The Morgan fingerprint density at radius 1 is 1.00 bits per heavy atom. The van der Waals surface area contributed by atoms with E-state index in [4.69, 9.17) is 10.2 Å². The van der Waals surface area contributed by atoms with E-state index >= 15 is 0 Å². The Balaban J connectivity index is 1.93. The summed E-state index contributed by atoms with van der Waals surface area (Å²) in [5.74, 6) is 0.634. The summed E-state index contributed by atoms with van der Waals surface area (Å²) < 4.78 is 0. The highest BCUT2D eigenvalue weighted by atomic mass is 16.6. The number of non-ortho nitro benzene ring substituents is 1. The van der Waals surface area contributed by atoms with Crippen LogP contribution in [0.3, 0.4) is 0 Å². The van der Waals surface area contributed by atoms with E-state index in [9.17, 15) is 10.1 Å². The lowest BCUT2D eigenvalue weighted by Crippen LogP contribution is -1.92. The van der Waals surface area contributed by atoms with Gasteiger partial charge in [-0.05, 0) is 36.8 Å². The lowest BCUT2D eigenvalue weighted by atomic mass is 10.0. The van der Waals surface area contributed by atoms with E-state index in [1.54, 1.807) is 24.3 Å². The minimum atomic E-state index is -0.400. The number of aromatic nitrogens is 2. The number of imidazole rings is 1. The number of H-pyrrole nitrogens is 1. The summed E-state index contributed by atoms with van der Waals surface area (Å²) in [5.41, 5.74) is 5.40. The first kappa shape index (κ1) is 18.1. The molecular formula is C23H16N4O2. The third-order valence-corrected chi connectivity index (χ3v) is 4.74. The number of nitrogens with zero attached hydrogens (tertiary/aromatic N) is 3. The van der Waals surface area contributed by atoms with Gasteiger partial charge < -0.3 is 4.98 Å². The number of hydrogen-bond acceptors (Lipinski definition) is 4. The van der Waals surface area contributed by atoms with Gasteiger partial charge in [-0.25, -0.2) is 4.98 Å². The van der Waals surface area contributed by atoms with Crippen LogP contribution in [0.25, 0.3) is 33.9 Å². The lowest BCUT2D eigenvalue weighted by Gasteiger charge is -2.07. The van der Waals surface area contributed by atoms with Crippen LogP contribution in [0.2, 0.25) is 0 Å². The van der Waals surface area contributed by atoms with Crippen molar-refractivity contribution in [3.8, 4) is 40.0 Å². The summed E-state index contributed by atoms with van der Waals surface area (Å²) in [6.45, 7) is 1.91. The van der Waals surface area contributed by atoms with E-state index in [1.165, 1.54) is 6.07 Å². The molecular weight excluding hydrogens is 364 g/mol. The van der Waals surface area contributed by atoms with E-state index in [1.807, 2.05) is 49.4 Å². The van der Waals surface area contributed by atoms with Crippen LogP contribution in [-0.2, 0) is 0 Å². The molecule has 140 valence electrons. The molecule has 0 atom stereocenters. The zero-order valence-electron chi connectivity index (χ0n) is 15.6. The third-order valence-electron chi connectivity index (χ3n) is 4.74. The SMILES string of the molecule is Cc1ccc([N+](=O)[O-])cc1-c1[nH]c(-c2ccc(C#N)cc2)nc1-c1ccccc1. The zero-order valence-corrected chi connectivity index (χ0v) is 15.6. The van der Waals surface area contributed by atoms with Crippen molar-refractivity contribution in [2.24, 2.45) is 0 Å². The van der Waals surface area contributed by atoms with Gasteiger partial charge in [0.15, 0.2) is 0 Å². The number of benzene rings is 3. The van der Waals surface area contributed by atoms with E-state index in [-0.39, 0.29) is 5.69 Å². The summed E-state index contributed by atoms with van der Waals surface area (Å²) in [4.78, 5) is 19.0. The molecule has 4 rings (SSSR count). The summed E-state index contributed by atoms with van der Waals surface area (Å²) in [5, 5.41) is 20.3. The van der Waals surface area contributed by atoms with Crippen LogP contribution < -0.4 is 0 Å². The van der Waals surface area contributed by atoms with Gasteiger partial charge in [-0.15, -0.1) is 0 Å². The fourth-order valence-electron chi connectivity index (χ4n) is 3.21. The maximum Gasteiger partial charge on any atom is 0.270 e. The van der Waals surface area contributed by atoms with Crippen LogP contribution in [0, 0.1) is 28.4 Å². The number of nitro benzene ring substituents is 1. The number of nitrogens with one attached hydrogen (secondary N) is 1. The third kappa shape index (κ3) is 3.49. The minimum Gasteiger partial charge on any atom is -0.337 e. The molecule has 0 aliphatic carbocycles. The van der Waals surface area contributed by atoms with Crippen molar-refractivity contribution in [3.63, 3.8) is 0 Å². The number of rotatable bonds is 4. The largest absolute Gasteiger partial charge is 0.337 e. The van der Waals surface area contributed by atoms with Crippen molar-refractivity contribution in [2.45, 2.75) is 6.92 Å². The molecule has 0 fully saturated rings.